The molecule has 9 heteroatoms. The van der Waals surface area contributed by atoms with Gasteiger partial charge in [0.15, 0.2) is 0 Å². The third-order valence-corrected chi connectivity index (χ3v) is 5.23. The predicted molar refractivity (Wildman–Crippen MR) is 115 cm³/mol. The minimum Gasteiger partial charge on any atom is -0.370 e. The number of benzene rings is 1. The molecule has 1 fully saturated rings. The summed E-state index contributed by atoms with van der Waals surface area (Å²) in [6.45, 7) is 1.64. The SMILES string of the molecule is O=C(Nc1cnn(CC(=O)N2CCC[C@H](OCc3ccccn3)C2)c1)c1ccccc1F. The highest BCUT2D eigenvalue weighted by atomic mass is 19.1. The van der Waals surface area contributed by atoms with Gasteiger partial charge in [-0.05, 0) is 37.1 Å². The molecule has 3 aromatic rings. The molecule has 0 aliphatic carbocycles. The minimum atomic E-state index is -0.600. The van der Waals surface area contributed by atoms with Crippen molar-refractivity contribution in [2.75, 3.05) is 18.4 Å². The van der Waals surface area contributed by atoms with Gasteiger partial charge in [0.05, 0.1) is 35.9 Å². The van der Waals surface area contributed by atoms with Crippen LogP contribution in [0, 0.1) is 5.82 Å². The number of amides is 2. The van der Waals surface area contributed by atoms with E-state index < -0.39 is 11.7 Å². The van der Waals surface area contributed by atoms with Gasteiger partial charge in [0.2, 0.25) is 5.91 Å². The number of ether oxygens (including phenoxy) is 1. The fourth-order valence-corrected chi connectivity index (χ4v) is 3.58. The van der Waals surface area contributed by atoms with Crippen molar-refractivity contribution < 1.29 is 18.7 Å². The van der Waals surface area contributed by atoms with E-state index in [0.717, 1.165) is 18.5 Å². The predicted octanol–water partition coefficient (Wildman–Crippen LogP) is 2.88. The highest BCUT2D eigenvalue weighted by Crippen LogP contribution is 2.16. The molecule has 1 saturated heterocycles. The lowest BCUT2D eigenvalue weighted by Crippen LogP contribution is -2.44. The molecule has 0 spiro atoms. The number of likely N-dealkylation sites (tertiary alicyclic amines) is 1. The monoisotopic (exact) mass is 437 g/mol. The topological polar surface area (TPSA) is 89.4 Å². The molecule has 32 heavy (non-hydrogen) atoms. The molecule has 0 unspecified atom stereocenters. The van der Waals surface area contributed by atoms with Gasteiger partial charge in [-0.1, -0.05) is 18.2 Å². The Kier molecular flexibility index (Phi) is 6.86. The Morgan fingerprint density at radius 2 is 2.03 bits per heavy atom. The number of carbonyl (C=O) groups excluding carboxylic acids is 2. The second-order valence-corrected chi connectivity index (χ2v) is 7.60. The van der Waals surface area contributed by atoms with Gasteiger partial charge in [-0.25, -0.2) is 4.39 Å². The van der Waals surface area contributed by atoms with Crippen molar-refractivity contribution in [2.45, 2.75) is 32.1 Å². The number of carbonyl (C=O) groups is 2. The molecule has 2 aromatic heterocycles. The Morgan fingerprint density at radius 1 is 1.19 bits per heavy atom. The normalized spacial score (nSPS) is 16.0. The van der Waals surface area contributed by atoms with E-state index in [4.69, 9.17) is 4.74 Å². The minimum absolute atomic E-state index is 0.0389. The van der Waals surface area contributed by atoms with Crippen LogP contribution in [0.2, 0.25) is 0 Å². The number of pyridine rings is 1. The fraction of sp³-hybridized carbons (Fsp3) is 0.304. The van der Waals surface area contributed by atoms with E-state index in [9.17, 15) is 14.0 Å². The van der Waals surface area contributed by atoms with Crippen LogP contribution < -0.4 is 5.32 Å². The first-order valence-corrected chi connectivity index (χ1v) is 10.5. The van der Waals surface area contributed by atoms with Crippen molar-refractivity contribution in [1.29, 1.82) is 0 Å². The smallest absolute Gasteiger partial charge is 0.258 e. The van der Waals surface area contributed by atoms with Gasteiger partial charge < -0.3 is 15.0 Å². The van der Waals surface area contributed by atoms with E-state index in [2.05, 4.69) is 15.4 Å². The third-order valence-electron chi connectivity index (χ3n) is 5.23. The maximum Gasteiger partial charge on any atom is 0.258 e. The molecular formula is C23H24FN5O3. The maximum atomic E-state index is 13.8. The summed E-state index contributed by atoms with van der Waals surface area (Å²) in [6, 6.07) is 11.4. The van der Waals surface area contributed by atoms with Crippen molar-refractivity contribution in [2.24, 2.45) is 0 Å². The van der Waals surface area contributed by atoms with Crippen molar-refractivity contribution >= 4 is 17.5 Å². The maximum absolute atomic E-state index is 13.8. The number of piperidine rings is 1. The number of aromatic nitrogens is 3. The number of halogens is 1. The van der Waals surface area contributed by atoms with Crippen molar-refractivity contribution in [1.82, 2.24) is 19.7 Å². The van der Waals surface area contributed by atoms with E-state index in [-0.39, 0.29) is 24.1 Å². The molecule has 1 aliphatic heterocycles. The number of hydrogen-bond acceptors (Lipinski definition) is 5. The summed E-state index contributed by atoms with van der Waals surface area (Å²) in [5.74, 6) is -1.25. The number of rotatable bonds is 7. The lowest BCUT2D eigenvalue weighted by Gasteiger charge is -2.32. The van der Waals surface area contributed by atoms with Gasteiger partial charge in [-0.15, -0.1) is 0 Å². The third kappa shape index (κ3) is 5.55. The Balaban J connectivity index is 1.28. The number of nitrogens with one attached hydrogen (secondary N) is 1. The lowest BCUT2D eigenvalue weighted by molar-refractivity contribution is -0.136. The highest BCUT2D eigenvalue weighted by molar-refractivity contribution is 6.04. The zero-order valence-corrected chi connectivity index (χ0v) is 17.5. The highest BCUT2D eigenvalue weighted by Gasteiger charge is 2.24. The first-order valence-electron chi connectivity index (χ1n) is 10.5. The molecule has 166 valence electrons. The van der Waals surface area contributed by atoms with E-state index >= 15 is 0 Å². The van der Waals surface area contributed by atoms with Crippen LogP contribution >= 0.6 is 0 Å². The molecule has 8 nitrogen and oxygen atoms in total. The molecule has 1 aromatic carbocycles. The van der Waals surface area contributed by atoms with Gasteiger partial charge >= 0.3 is 0 Å². The summed E-state index contributed by atoms with van der Waals surface area (Å²) < 4.78 is 21.2. The summed E-state index contributed by atoms with van der Waals surface area (Å²) in [5, 5.41) is 6.73. The van der Waals surface area contributed by atoms with Crippen LogP contribution in [-0.4, -0.2) is 50.7 Å². The molecule has 1 aliphatic rings. The Labute approximate surface area is 185 Å². The molecule has 1 N–H and O–H groups in total. The van der Waals surface area contributed by atoms with E-state index in [1.807, 2.05) is 18.2 Å². The van der Waals surface area contributed by atoms with Crippen LogP contribution in [0.1, 0.15) is 28.9 Å². The van der Waals surface area contributed by atoms with Crippen LogP contribution in [-0.2, 0) is 22.7 Å². The molecular weight excluding hydrogens is 413 g/mol. The lowest BCUT2D eigenvalue weighted by atomic mass is 10.1. The van der Waals surface area contributed by atoms with Gasteiger partial charge in [-0.3, -0.25) is 19.3 Å². The summed E-state index contributed by atoms with van der Waals surface area (Å²) >= 11 is 0. The van der Waals surface area contributed by atoms with Gasteiger partial charge in [-0.2, -0.15) is 5.10 Å². The molecule has 0 bridgehead atoms. The van der Waals surface area contributed by atoms with Crippen LogP contribution in [0.4, 0.5) is 10.1 Å². The standard InChI is InChI=1S/C23H24FN5O3/c24-21-9-2-1-8-20(21)23(31)27-18-12-26-29(13-18)15-22(30)28-11-5-7-19(14-28)32-16-17-6-3-4-10-25-17/h1-4,6,8-10,12-13,19H,5,7,11,14-16H2,(H,27,31)/t19-/m0/s1. The Bertz CT molecular complexity index is 1070. The Morgan fingerprint density at radius 3 is 2.84 bits per heavy atom. The van der Waals surface area contributed by atoms with Gasteiger partial charge in [0.1, 0.15) is 12.4 Å². The second kappa shape index (κ2) is 10.1. The van der Waals surface area contributed by atoms with Crippen molar-refractivity contribution in [3.63, 3.8) is 0 Å². The molecule has 1 atom stereocenters. The number of hydrogen-bond donors (Lipinski definition) is 1. The zero-order chi connectivity index (χ0) is 22.3. The molecule has 3 heterocycles. The van der Waals surface area contributed by atoms with Crippen LogP contribution in [0.15, 0.2) is 61.1 Å². The second-order valence-electron chi connectivity index (χ2n) is 7.60. The summed E-state index contributed by atoms with van der Waals surface area (Å²) in [4.78, 5) is 31.0. The van der Waals surface area contributed by atoms with Crippen molar-refractivity contribution in [3.8, 4) is 0 Å². The molecule has 0 radical (unpaired) electrons. The largest absolute Gasteiger partial charge is 0.370 e. The van der Waals surface area contributed by atoms with E-state index in [0.29, 0.717) is 25.4 Å². The molecule has 0 saturated carbocycles. The quantitative estimate of drug-likeness (QED) is 0.614. The van der Waals surface area contributed by atoms with E-state index in [1.165, 1.54) is 29.1 Å². The van der Waals surface area contributed by atoms with Crippen LogP contribution in [0.3, 0.4) is 0 Å². The number of nitrogens with zero attached hydrogens (tertiary/aromatic N) is 4. The van der Waals surface area contributed by atoms with Gasteiger partial charge in [0.25, 0.3) is 5.91 Å². The van der Waals surface area contributed by atoms with Crippen molar-refractivity contribution in [3.05, 3.63) is 78.1 Å². The molecule has 4 rings (SSSR count). The Hall–Kier alpha value is -3.59. The average Bonchev–Trinajstić information content (AvgIpc) is 3.25. The van der Waals surface area contributed by atoms with E-state index in [1.54, 1.807) is 23.4 Å². The molecule has 2 amide bonds. The summed E-state index contributed by atoms with van der Waals surface area (Å²) in [6.07, 6.45) is 6.43. The fourth-order valence-electron chi connectivity index (χ4n) is 3.58. The van der Waals surface area contributed by atoms with Crippen LogP contribution in [0.5, 0.6) is 0 Å². The average molecular weight is 437 g/mol. The first-order chi connectivity index (χ1) is 15.6. The van der Waals surface area contributed by atoms with Crippen LogP contribution in [0.25, 0.3) is 0 Å². The first kappa shape index (κ1) is 21.6. The summed E-state index contributed by atoms with van der Waals surface area (Å²) in [5.41, 5.74) is 1.19. The zero-order valence-electron chi connectivity index (χ0n) is 17.5. The summed E-state index contributed by atoms with van der Waals surface area (Å²) in [7, 11) is 0. The van der Waals surface area contributed by atoms with Gasteiger partial charge in [0, 0.05) is 25.5 Å². The number of anilines is 1.